The van der Waals surface area contributed by atoms with Crippen molar-refractivity contribution in [1.29, 1.82) is 0 Å². The summed E-state index contributed by atoms with van der Waals surface area (Å²) >= 11 is 0. The predicted octanol–water partition coefficient (Wildman–Crippen LogP) is 1.14. The Morgan fingerprint density at radius 3 is 1.93 bits per heavy atom. The van der Waals surface area contributed by atoms with Crippen molar-refractivity contribution in [2.45, 2.75) is 0 Å². The van der Waals surface area contributed by atoms with Crippen LogP contribution >= 0.6 is 18.5 Å². The van der Waals surface area contributed by atoms with Gasteiger partial charge in [-0.1, -0.05) is 24.3 Å². The molecule has 0 aliphatic heterocycles. The Bertz CT molecular complexity index is 379. The maximum Gasteiger partial charge on any atom is 0.159 e. The van der Waals surface area contributed by atoms with Crippen LogP contribution in [0.4, 0.5) is 0 Å². The Labute approximate surface area is 87.6 Å². The summed E-state index contributed by atoms with van der Waals surface area (Å²) < 4.78 is 0. The molecule has 0 N–H and O–H groups in total. The second kappa shape index (κ2) is 4.13. The fourth-order valence-corrected chi connectivity index (χ4v) is 1.46. The second-order valence-electron chi connectivity index (χ2n) is 2.96. The van der Waals surface area contributed by atoms with Crippen LogP contribution in [0.15, 0.2) is 36.7 Å². The van der Waals surface area contributed by atoms with Crippen molar-refractivity contribution >= 4 is 29.1 Å². The van der Waals surface area contributed by atoms with Crippen LogP contribution in [0.5, 0.6) is 0 Å². The fourth-order valence-electron chi connectivity index (χ4n) is 1.12. The molecule has 1 aromatic heterocycles. The van der Waals surface area contributed by atoms with E-state index in [0.717, 1.165) is 22.0 Å². The van der Waals surface area contributed by atoms with E-state index in [1.54, 1.807) is 12.4 Å². The molecule has 2 unspecified atom stereocenters. The summed E-state index contributed by atoms with van der Waals surface area (Å²) in [5.41, 5.74) is 1.04. The van der Waals surface area contributed by atoms with E-state index in [2.05, 4.69) is 28.4 Å². The van der Waals surface area contributed by atoms with E-state index in [1.165, 1.54) is 0 Å². The smallest absolute Gasteiger partial charge is 0.159 e. The summed E-state index contributed by atoms with van der Waals surface area (Å²) in [6.45, 7) is 0. The Morgan fingerprint density at radius 2 is 1.36 bits per heavy atom. The van der Waals surface area contributed by atoms with Crippen LogP contribution in [0, 0.1) is 0 Å². The normalized spacial score (nSPS) is 10.1. The first-order chi connectivity index (χ1) is 6.75. The number of hydrogen-bond donors (Lipinski definition) is 0. The highest BCUT2D eigenvalue weighted by molar-refractivity contribution is 7.27. The molecule has 2 aromatic rings. The maximum atomic E-state index is 4.24. The molecule has 0 saturated heterocycles. The second-order valence-corrected chi connectivity index (χ2v) is 4.30. The van der Waals surface area contributed by atoms with Gasteiger partial charge >= 0.3 is 0 Å². The number of nitrogens with zero attached hydrogens (tertiary/aromatic N) is 2. The number of rotatable bonds is 1. The molecule has 0 saturated carbocycles. The highest BCUT2D eigenvalue weighted by atomic mass is 31.0. The standard InChI is InChI=1S/C10H10N2P2/c13-8-3-1-7(2-4-8)10-11-5-9(14)6-12-10/h1-6H,13-14H2. The first-order valence-corrected chi connectivity index (χ1v) is 5.34. The van der Waals surface area contributed by atoms with E-state index in [9.17, 15) is 0 Å². The molecule has 0 spiro atoms. The molecule has 2 rings (SSSR count). The van der Waals surface area contributed by atoms with E-state index in [0.29, 0.717) is 0 Å². The minimum Gasteiger partial charge on any atom is -0.236 e. The molecule has 70 valence electrons. The molecule has 0 bridgehead atoms. The fraction of sp³-hybridized carbons (Fsp3) is 0. The van der Waals surface area contributed by atoms with Crippen molar-refractivity contribution in [1.82, 2.24) is 9.97 Å². The lowest BCUT2D eigenvalue weighted by Crippen LogP contribution is -1.97. The quantitative estimate of drug-likeness (QED) is 0.673. The van der Waals surface area contributed by atoms with E-state index >= 15 is 0 Å². The summed E-state index contributed by atoms with van der Waals surface area (Å²) in [4.78, 5) is 8.48. The van der Waals surface area contributed by atoms with Crippen LogP contribution < -0.4 is 10.6 Å². The van der Waals surface area contributed by atoms with Crippen LogP contribution in [-0.4, -0.2) is 9.97 Å². The monoisotopic (exact) mass is 220 g/mol. The van der Waals surface area contributed by atoms with E-state index in [4.69, 9.17) is 0 Å². The van der Waals surface area contributed by atoms with Crippen molar-refractivity contribution in [2.75, 3.05) is 0 Å². The van der Waals surface area contributed by atoms with Gasteiger partial charge in [-0.05, 0) is 5.30 Å². The van der Waals surface area contributed by atoms with Crippen LogP contribution in [0.25, 0.3) is 11.4 Å². The molecule has 0 aliphatic rings. The van der Waals surface area contributed by atoms with Gasteiger partial charge in [0.15, 0.2) is 5.82 Å². The Balaban J connectivity index is 2.40. The van der Waals surface area contributed by atoms with E-state index in [1.807, 2.05) is 24.3 Å². The first kappa shape index (κ1) is 9.71. The third-order valence-corrected chi connectivity index (χ3v) is 2.52. The molecule has 14 heavy (non-hydrogen) atoms. The molecular weight excluding hydrogens is 210 g/mol. The summed E-state index contributed by atoms with van der Waals surface area (Å²) in [6, 6.07) is 8.08. The lowest BCUT2D eigenvalue weighted by atomic mass is 10.2. The Kier molecular flexibility index (Phi) is 2.86. The molecule has 1 aromatic carbocycles. The molecule has 2 nitrogen and oxygen atoms in total. The van der Waals surface area contributed by atoms with Crippen LogP contribution in [0.1, 0.15) is 0 Å². The van der Waals surface area contributed by atoms with Crippen molar-refractivity contribution in [3.63, 3.8) is 0 Å². The zero-order chi connectivity index (χ0) is 9.97. The third-order valence-electron chi connectivity index (χ3n) is 1.84. The third kappa shape index (κ3) is 2.15. The molecule has 0 amide bonds. The maximum absolute atomic E-state index is 4.24. The van der Waals surface area contributed by atoms with Crippen molar-refractivity contribution in [2.24, 2.45) is 0 Å². The van der Waals surface area contributed by atoms with Crippen LogP contribution in [-0.2, 0) is 0 Å². The average Bonchev–Trinajstić information content (AvgIpc) is 2.21. The minimum atomic E-state index is 0.765. The topological polar surface area (TPSA) is 25.8 Å². The first-order valence-electron chi connectivity index (χ1n) is 4.19. The molecule has 0 radical (unpaired) electrons. The summed E-state index contributed by atoms with van der Waals surface area (Å²) in [7, 11) is 5.22. The predicted molar refractivity (Wildman–Crippen MR) is 66.2 cm³/mol. The molecular formula is C10H10N2P2. The molecule has 2 atom stereocenters. The lowest BCUT2D eigenvalue weighted by Gasteiger charge is -2.00. The summed E-state index contributed by atoms with van der Waals surface area (Å²) in [6.07, 6.45) is 3.59. The lowest BCUT2D eigenvalue weighted by molar-refractivity contribution is 1.19. The minimum absolute atomic E-state index is 0.765. The number of hydrogen-bond acceptors (Lipinski definition) is 2. The van der Waals surface area contributed by atoms with Gasteiger partial charge in [-0.2, -0.15) is 0 Å². The Hall–Kier alpha value is -0.840. The van der Waals surface area contributed by atoms with Crippen LogP contribution in [0.3, 0.4) is 0 Å². The number of aromatic nitrogens is 2. The van der Waals surface area contributed by atoms with E-state index in [-0.39, 0.29) is 0 Å². The SMILES string of the molecule is Pc1ccc(-c2ncc(P)cn2)cc1. The molecule has 0 fully saturated rings. The molecule has 1 heterocycles. The van der Waals surface area contributed by atoms with Gasteiger partial charge in [-0.3, -0.25) is 0 Å². The Morgan fingerprint density at radius 1 is 0.786 bits per heavy atom. The van der Waals surface area contributed by atoms with Crippen molar-refractivity contribution in [3.05, 3.63) is 36.7 Å². The molecule has 0 aliphatic carbocycles. The average molecular weight is 220 g/mol. The van der Waals surface area contributed by atoms with Gasteiger partial charge < -0.3 is 0 Å². The number of benzene rings is 1. The van der Waals surface area contributed by atoms with E-state index < -0.39 is 0 Å². The summed E-state index contributed by atoms with van der Waals surface area (Å²) in [5.74, 6) is 0.765. The highest BCUT2D eigenvalue weighted by Gasteiger charge is 1.98. The molecule has 4 heteroatoms. The van der Waals surface area contributed by atoms with Gasteiger partial charge in [-0.25, -0.2) is 9.97 Å². The van der Waals surface area contributed by atoms with Gasteiger partial charge in [-0.15, -0.1) is 18.5 Å². The van der Waals surface area contributed by atoms with Gasteiger partial charge in [0, 0.05) is 23.3 Å². The van der Waals surface area contributed by atoms with Gasteiger partial charge in [0.1, 0.15) is 0 Å². The van der Waals surface area contributed by atoms with Crippen molar-refractivity contribution in [3.8, 4) is 11.4 Å². The van der Waals surface area contributed by atoms with Gasteiger partial charge in [0.05, 0.1) is 0 Å². The largest absolute Gasteiger partial charge is 0.236 e. The zero-order valence-electron chi connectivity index (χ0n) is 7.51. The van der Waals surface area contributed by atoms with Crippen molar-refractivity contribution < 1.29 is 0 Å². The zero-order valence-corrected chi connectivity index (χ0v) is 9.82. The summed E-state index contributed by atoms with van der Waals surface area (Å²) in [5, 5.41) is 2.16. The van der Waals surface area contributed by atoms with Crippen LogP contribution in [0.2, 0.25) is 0 Å². The van der Waals surface area contributed by atoms with Gasteiger partial charge in [0.25, 0.3) is 0 Å². The van der Waals surface area contributed by atoms with Gasteiger partial charge in [0.2, 0.25) is 0 Å². The highest BCUT2D eigenvalue weighted by Crippen LogP contribution is 2.11.